The number of nitrogens with zero attached hydrogens (tertiary/aromatic N) is 5. The van der Waals surface area contributed by atoms with Crippen LogP contribution >= 0.6 is 11.6 Å². The highest BCUT2D eigenvalue weighted by Gasteiger charge is 2.20. The highest BCUT2D eigenvalue weighted by Crippen LogP contribution is 2.31. The summed E-state index contributed by atoms with van der Waals surface area (Å²) in [5.74, 6) is 0.776. The number of rotatable bonds is 3. The zero-order valence-corrected chi connectivity index (χ0v) is 14.9. The van der Waals surface area contributed by atoms with Gasteiger partial charge in [-0.05, 0) is 12.5 Å². The predicted octanol–water partition coefficient (Wildman–Crippen LogP) is 4.18. The Morgan fingerprint density at radius 1 is 1.09 bits per heavy atom. The molecule has 0 saturated carbocycles. The topological polar surface area (TPSA) is 46.8 Å². The maximum absolute atomic E-state index is 6.24. The van der Waals surface area contributed by atoms with E-state index in [1.807, 2.05) is 55.7 Å². The SMILES string of the molecule is CC.CC(c1ccccc1)n1nc(N(C)C)c2c(Cl)ncnc21. The zero-order valence-electron chi connectivity index (χ0n) is 14.2. The summed E-state index contributed by atoms with van der Waals surface area (Å²) in [6, 6.07) is 10.3. The summed E-state index contributed by atoms with van der Waals surface area (Å²) in [5.41, 5.74) is 1.91. The average Bonchev–Trinajstić information content (AvgIpc) is 2.98. The van der Waals surface area contributed by atoms with Gasteiger partial charge in [0.2, 0.25) is 0 Å². The molecule has 3 aromatic rings. The van der Waals surface area contributed by atoms with Crippen molar-refractivity contribution in [2.75, 3.05) is 19.0 Å². The van der Waals surface area contributed by atoms with Gasteiger partial charge in [-0.1, -0.05) is 55.8 Å². The molecule has 5 nitrogen and oxygen atoms in total. The normalized spacial score (nSPS) is 11.7. The smallest absolute Gasteiger partial charge is 0.165 e. The van der Waals surface area contributed by atoms with E-state index in [1.54, 1.807) is 0 Å². The Bertz CT molecular complexity index is 767. The third kappa shape index (κ3) is 3.29. The molecule has 0 radical (unpaired) electrons. The van der Waals surface area contributed by atoms with E-state index in [0.717, 1.165) is 16.9 Å². The maximum atomic E-state index is 6.24. The van der Waals surface area contributed by atoms with Crippen LogP contribution in [0.4, 0.5) is 5.82 Å². The quantitative estimate of drug-likeness (QED) is 0.675. The van der Waals surface area contributed by atoms with Crippen LogP contribution in [-0.4, -0.2) is 33.8 Å². The largest absolute Gasteiger partial charge is 0.361 e. The second-order valence-electron chi connectivity index (χ2n) is 5.11. The fraction of sp³-hybridized carbons (Fsp3) is 0.353. The van der Waals surface area contributed by atoms with Gasteiger partial charge in [0.25, 0.3) is 0 Å². The van der Waals surface area contributed by atoms with Crippen molar-refractivity contribution in [3.63, 3.8) is 0 Å². The standard InChI is InChI=1S/C15H16ClN5.C2H6/c1-10(11-7-5-4-6-8-11)21-14-12(13(16)17-9-18-14)15(19-21)20(2)3;1-2/h4-10H,1-3H3;1-2H3. The fourth-order valence-electron chi connectivity index (χ4n) is 2.38. The van der Waals surface area contributed by atoms with Crippen molar-refractivity contribution in [1.82, 2.24) is 19.7 Å². The van der Waals surface area contributed by atoms with Gasteiger partial charge in [-0.25, -0.2) is 14.6 Å². The molecule has 0 saturated heterocycles. The third-order valence-electron chi connectivity index (χ3n) is 3.50. The monoisotopic (exact) mass is 331 g/mol. The average molecular weight is 332 g/mol. The molecule has 0 spiro atoms. The second-order valence-corrected chi connectivity index (χ2v) is 5.47. The van der Waals surface area contributed by atoms with Crippen molar-refractivity contribution in [3.8, 4) is 0 Å². The lowest BCUT2D eigenvalue weighted by Crippen LogP contribution is -2.12. The van der Waals surface area contributed by atoms with Crippen LogP contribution in [0.3, 0.4) is 0 Å². The molecule has 1 unspecified atom stereocenters. The highest BCUT2D eigenvalue weighted by atomic mass is 35.5. The van der Waals surface area contributed by atoms with Crippen molar-refractivity contribution in [3.05, 3.63) is 47.4 Å². The predicted molar refractivity (Wildman–Crippen MR) is 96.3 cm³/mol. The summed E-state index contributed by atoms with van der Waals surface area (Å²) >= 11 is 6.24. The molecule has 0 N–H and O–H groups in total. The summed E-state index contributed by atoms with van der Waals surface area (Å²) in [4.78, 5) is 10.4. The number of hydrogen-bond acceptors (Lipinski definition) is 4. The Labute approximate surface area is 141 Å². The molecule has 0 bridgehead atoms. The molecule has 0 aliphatic rings. The number of aromatic nitrogens is 4. The van der Waals surface area contributed by atoms with E-state index >= 15 is 0 Å². The molecular formula is C17H22ClN5. The summed E-state index contributed by atoms with van der Waals surface area (Å²) < 4.78 is 1.90. The van der Waals surface area contributed by atoms with Crippen LogP contribution < -0.4 is 4.90 Å². The molecule has 3 rings (SSSR count). The number of anilines is 1. The first kappa shape index (κ1) is 17.2. The summed E-state index contributed by atoms with van der Waals surface area (Å²) in [7, 11) is 3.87. The van der Waals surface area contributed by atoms with Gasteiger partial charge in [0.1, 0.15) is 16.9 Å². The Morgan fingerprint density at radius 3 is 2.35 bits per heavy atom. The molecule has 0 aliphatic carbocycles. The van der Waals surface area contributed by atoms with E-state index in [0.29, 0.717) is 5.15 Å². The Hall–Kier alpha value is -2.14. The Balaban J connectivity index is 0.000000924. The molecule has 2 aromatic heterocycles. The van der Waals surface area contributed by atoms with Gasteiger partial charge in [-0.15, -0.1) is 0 Å². The van der Waals surface area contributed by atoms with E-state index in [1.165, 1.54) is 11.9 Å². The molecule has 6 heteroatoms. The van der Waals surface area contributed by atoms with E-state index in [9.17, 15) is 0 Å². The van der Waals surface area contributed by atoms with Crippen molar-refractivity contribution < 1.29 is 0 Å². The van der Waals surface area contributed by atoms with Crippen LogP contribution in [0.15, 0.2) is 36.7 Å². The number of benzene rings is 1. The van der Waals surface area contributed by atoms with Crippen molar-refractivity contribution in [2.45, 2.75) is 26.8 Å². The molecule has 1 atom stereocenters. The molecule has 0 amide bonds. The number of hydrogen-bond donors (Lipinski definition) is 0. The minimum absolute atomic E-state index is 0.0633. The van der Waals surface area contributed by atoms with Crippen LogP contribution in [0.2, 0.25) is 5.15 Å². The highest BCUT2D eigenvalue weighted by molar-refractivity contribution is 6.34. The van der Waals surface area contributed by atoms with Crippen molar-refractivity contribution in [2.24, 2.45) is 0 Å². The van der Waals surface area contributed by atoms with Gasteiger partial charge in [-0.2, -0.15) is 5.10 Å². The zero-order chi connectivity index (χ0) is 17.0. The lowest BCUT2D eigenvalue weighted by molar-refractivity contribution is 0.578. The van der Waals surface area contributed by atoms with Gasteiger partial charge >= 0.3 is 0 Å². The molecule has 0 fully saturated rings. The third-order valence-corrected chi connectivity index (χ3v) is 3.78. The van der Waals surface area contributed by atoms with Gasteiger partial charge in [-0.3, -0.25) is 0 Å². The van der Waals surface area contributed by atoms with E-state index in [2.05, 4.69) is 34.1 Å². The molecule has 2 heterocycles. The molecular weight excluding hydrogens is 310 g/mol. The number of halogens is 1. The minimum atomic E-state index is 0.0633. The van der Waals surface area contributed by atoms with Gasteiger partial charge in [0.15, 0.2) is 11.5 Å². The van der Waals surface area contributed by atoms with Crippen molar-refractivity contribution in [1.29, 1.82) is 0 Å². The van der Waals surface area contributed by atoms with Crippen LogP contribution in [0, 0.1) is 0 Å². The van der Waals surface area contributed by atoms with Gasteiger partial charge in [0, 0.05) is 14.1 Å². The summed E-state index contributed by atoms with van der Waals surface area (Å²) in [6.07, 6.45) is 1.47. The lowest BCUT2D eigenvalue weighted by atomic mass is 10.1. The maximum Gasteiger partial charge on any atom is 0.165 e. The first-order chi connectivity index (χ1) is 11.1. The summed E-state index contributed by atoms with van der Waals surface area (Å²) in [6.45, 7) is 6.09. The van der Waals surface area contributed by atoms with Crippen LogP contribution in [0.5, 0.6) is 0 Å². The molecule has 1 aromatic carbocycles. The van der Waals surface area contributed by atoms with Crippen molar-refractivity contribution >= 4 is 28.5 Å². The van der Waals surface area contributed by atoms with Crippen LogP contribution in [0.25, 0.3) is 11.0 Å². The van der Waals surface area contributed by atoms with E-state index in [4.69, 9.17) is 11.6 Å². The van der Waals surface area contributed by atoms with Crippen LogP contribution in [-0.2, 0) is 0 Å². The second kappa shape index (κ2) is 7.42. The van der Waals surface area contributed by atoms with Gasteiger partial charge in [0.05, 0.1) is 6.04 Å². The molecule has 122 valence electrons. The lowest BCUT2D eigenvalue weighted by Gasteiger charge is -2.13. The summed E-state index contributed by atoms with van der Waals surface area (Å²) in [5, 5.41) is 5.89. The van der Waals surface area contributed by atoms with E-state index in [-0.39, 0.29) is 6.04 Å². The minimum Gasteiger partial charge on any atom is -0.361 e. The Morgan fingerprint density at radius 2 is 1.74 bits per heavy atom. The molecule has 0 aliphatic heterocycles. The number of fused-ring (bicyclic) bond motifs is 1. The Kier molecular flexibility index (Phi) is 5.55. The van der Waals surface area contributed by atoms with Crippen LogP contribution in [0.1, 0.15) is 32.4 Å². The fourth-order valence-corrected chi connectivity index (χ4v) is 2.59. The van der Waals surface area contributed by atoms with E-state index < -0.39 is 0 Å². The van der Waals surface area contributed by atoms with Gasteiger partial charge < -0.3 is 4.90 Å². The first-order valence-corrected chi connectivity index (χ1v) is 8.08. The first-order valence-electron chi connectivity index (χ1n) is 7.70. The molecule has 23 heavy (non-hydrogen) atoms.